The number of carbonyl (C=O) groups is 2. The second kappa shape index (κ2) is 4.48. The van der Waals surface area contributed by atoms with Gasteiger partial charge in [0.2, 0.25) is 0 Å². The summed E-state index contributed by atoms with van der Waals surface area (Å²) in [5.41, 5.74) is 1.04. The highest BCUT2D eigenvalue weighted by Gasteiger charge is 2.35. The average molecular weight is 235 g/mol. The lowest BCUT2D eigenvalue weighted by molar-refractivity contribution is -0.145. The van der Waals surface area contributed by atoms with Crippen LogP contribution in [0.5, 0.6) is 0 Å². The number of aliphatic carboxylic acids is 1. The number of nitrogens with zero attached hydrogens (tertiary/aromatic N) is 2. The minimum atomic E-state index is -0.798. The lowest BCUT2D eigenvalue weighted by Crippen LogP contribution is -2.46. The van der Waals surface area contributed by atoms with Gasteiger partial charge in [0.25, 0.3) is 5.91 Å². The van der Waals surface area contributed by atoms with E-state index in [2.05, 4.69) is 15.3 Å². The summed E-state index contributed by atoms with van der Waals surface area (Å²) < 4.78 is 0. The van der Waals surface area contributed by atoms with Crippen LogP contribution in [0.3, 0.4) is 0 Å². The molecule has 2 N–H and O–H groups in total. The maximum atomic E-state index is 11.7. The van der Waals surface area contributed by atoms with Gasteiger partial charge in [0.1, 0.15) is 12.0 Å². The lowest BCUT2D eigenvalue weighted by atomic mass is 9.80. The summed E-state index contributed by atoms with van der Waals surface area (Å²) >= 11 is 0. The Bertz CT molecular complexity index is 455. The van der Waals surface area contributed by atoms with Gasteiger partial charge in [0, 0.05) is 11.7 Å². The number of aryl methyl sites for hydroxylation is 1. The van der Waals surface area contributed by atoms with Crippen LogP contribution in [0.1, 0.15) is 29.0 Å². The molecule has 1 heterocycles. The maximum Gasteiger partial charge on any atom is 0.306 e. The number of carboxylic acids is 1. The second-order valence-corrected chi connectivity index (χ2v) is 4.22. The number of rotatable bonds is 3. The Morgan fingerprint density at radius 1 is 1.41 bits per heavy atom. The zero-order valence-corrected chi connectivity index (χ0v) is 9.38. The smallest absolute Gasteiger partial charge is 0.306 e. The minimum absolute atomic E-state index is 0.0566. The average Bonchev–Trinajstić information content (AvgIpc) is 2.21. The van der Waals surface area contributed by atoms with Crippen molar-refractivity contribution >= 4 is 11.9 Å². The topological polar surface area (TPSA) is 92.2 Å². The number of hydrogen-bond acceptors (Lipinski definition) is 4. The van der Waals surface area contributed by atoms with Gasteiger partial charge < -0.3 is 10.4 Å². The van der Waals surface area contributed by atoms with Crippen LogP contribution < -0.4 is 5.32 Å². The lowest BCUT2D eigenvalue weighted by Gasteiger charge is -2.32. The molecular weight excluding hydrogens is 222 g/mol. The standard InChI is InChI=1S/C11H13N3O3/c1-6-2-9(13-5-12-6)10(15)14-8-3-7(4-8)11(16)17/h2,5,7-8H,3-4H2,1H3,(H,14,15)(H,16,17). The van der Waals surface area contributed by atoms with Crippen molar-refractivity contribution in [3.05, 3.63) is 23.8 Å². The van der Waals surface area contributed by atoms with Crippen LogP contribution in [0.2, 0.25) is 0 Å². The molecule has 0 radical (unpaired) electrons. The van der Waals surface area contributed by atoms with Gasteiger partial charge in [-0.25, -0.2) is 9.97 Å². The number of carboxylic acid groups (broad SMARTS) is 1. The predicted octanol–water partition coefficient (Wildman–Crippen LogP) is 0.378. The monoisotopic (exact) mass is 235 g/mol. The molecule has 0 spiro atoms. The molecule has 0 bridgehead atoms. The molecule has 6 nitrogen and oxygen atoms in total. The molecule has 90 valence electrons. The summed E-state index contributed by atoms with van der Waals surface area (Å²) in [6.07, 6.45) is 2.32. The van der Waals surface area contributed by atoms with E-state index in [-0.39, 0.29) is 17.9 Å². The Kier molecular flexibility index (Phi) is 3.03. The fourth-order valence-corrected chi connectivity index (χ4v) is 1.78. The van der Waals surface area contributed by atoms with Crippen LogP contribution in [0.4, 0.5) is 0 Å². The van der Waals surface area contributed by atoms with Gasteiger partial charge in [-0.3, -0.25) is 9.59 Å². The molecule has 1 aliphatic rings. The number of aromatic nitrogens is 2. The molecule has 1 aliphatic carbocycles. The van der Waals surface area contributed by atoms with Gasteiger partial charge in [-0.1, -0.05) is 0 Å². The first kappa shape index (κ1) is 11.5. The van der Waals surface area contributed by atoms with E-state index in [1.54, 1.807) is 13.0 Å². The molecule has 17 heavy (non-hydrogen) atoms. The van der Waals surface area contributed by atoms with Crippen LogP contribution in [0.25, 0.3) is 0 Å². The van der Waals surface area contributed by atoms with Crippen molar-refractivity contribution in [2.75, 3.05) is 0 Å². The van der Waals surface area contributed by atoms with E-state index >= 15 is 0 Å². The molecule has 1 aromatic heterocycles. The summed E-state index contributed by atoms with van der Waals surface area (Å²) in [5, 5.41) is 11.5. The van der Waals surface area contributed by atoms with Crippen LogP contribution in [-0.4, -0.2) is 33.0 Å². The van der Waals surface area contributed by atoms with Gasteiger partial charge in [-0.2, -0.15) is 0 Å². The Labute approximate surface area is 98.1 Å². The fourth-order valence-electron chi connectivity index (χ4n) is 1.78. The van der Waals surface area contributed by atoms with Gasteiger partial charge in [0.05, 0.1) is 5.92 Å². The van der Waals surface area contributed by atoms with Crippen molar-refractivity contribution in [2.24, 2.45) is 5.92 Å². The number of carbonyl (C=O) groups excluding carboxylic acids is 1. The summed E-state index contributed by atoms with van der Waals surface area (Å²) in [4.78, 5) is 30.1. The van der Waals surface area contributed by atoms with Gasteiger partial charge in [0.15, 0.2) is 0 Å². The molecule has 0 saturated heterocycles. The number of hydrogen-bond donors (Lipinski definition) is 2. The quantitative estimate of drug-likeness (QED) is 0.790. The third kappa shape index (κ3) is 2.58. The van der Waals surface area contributed by atoms with Gasteiger partial charge >= 0.3 is 5.97 Å². The maximum absolute atomic E-state index is 11.7. The summed E-state index contributed by atoms with van der Waals surface area (Å²) in [5.74, 6) is -1.40. The molecule has 0 unspecified atom stereocenters. The molecule has 0 atom stereocenters. The van der Waals surface area contributed by atoms with Crippen molar-refractivity contribution in [3.8, 4) is 0 Å². The minimum Gasteiger partial charge on any atom is -0.481 e. The van der Waals surface area contributed by atoms with Crippen LogP contribution in [0.15, 0.2) is 12.4 Å². The van der Waals surface area contributed by atoms with E-state index in [0.717, 1.165) is 5.69 Å². The Morgan fingerprint density at radius 3 is 2.71 bits per heavy atom. The Balaban J connectivity index is 1.89. The second-order valence-electron chi connectivity index (χ2n) is 4.22. The molecule has 1 amide bonds. The summed E-state index contributed by atoms with van der Waals surface area (Å²) in [6, 6.07) is 1.54. The van der Waals surface area contributed by atoms with Crippen LogP contribution in [-0.2, 0) is 4.79 Å². The fraction of sp³-hybridized carbons (Fsp3) is 0.455. The molecule has 6 heteroatoms. The highest BCUT2D eigenvalue weighted by atomic mass is 16.4. The zero-order valence-electron chi connectivity index (χ0n) is 9.38. The molecule has 1 fully saturated rings. The normalized spacial score (nSPS) is 22.6. The number of amides is 1. The van der Waals surface area contributed by atoms with Crippen LogP contribution >= 0.6 is 0 Å². The zero-order chi connectivity index (χ0) is 12.4. The molecule has 0 aliphatic heterocycles. The van der Waals surface area contributed by atoms with Crippen molar-refractivity contribution in [2.45, 2.75) is 25.8 Å². The molecule has 1 saturated carbocycles. The molecule has 0 aromatic carbocycles. The van der Waals surface area contributed by atoms with Gasteiger partial charge in [-0.15, -0.1) is 0 Å². The first-order valence-electron chi connectivity index (χ1n) is 5.38. The first-order chi connectivity index (χ1) is 8.06. The molecule has 1 aromatic rings. The third-order valence-electron chi connectivity index (χ3n) is 2.86. The molecule has 2 rings (SSSR count). The van der Waals surface area contributed by atoms with E-state index in [0.29, 0.717) is 18.5 Å². The van der Waals surface area contributed by atoms with E-state index < -0.39 is 5.97 Å². The Morgan fingerprint density at radius 2 is 2.12 bits per heavy atom. The van der Waals surface area contributed by atoms with E-state index in [4.69, 9.17) is 5.11 Å². The van der Waals surface area contributed by atoms with Crippen molar-refractivity contribution in [1.29, 1.82) is 0 Å². The van der Waals surface area contributed by atoms with E-state index in [9.17, 15) is 9.59 Å². The number of nitrogens with one attached hydrogen (secondary N) is 1. The van der Waals surface area contributed by atoms with Crippen molar-refractivity contribution < 1.29 is 14.7 Å². The SMILES string of the molecule is Cc1cc(C(=O)NC2CC(C(=O)O)C2)ncn1. The van der Waals surface area contributed by atoms with Crippen molar-refractivity contribution in [1.82, 2.24) is 15.3 Å². The summed E-state index contributed by atoms with van der Waals surface area (Å²) in [6.45, 7) is 1.78. The van der Waals surface area contributed by atoms with E-state index in [1.807, 2.05) is 0 Å². The van der Waals surface area contributed by atoms with Gasteiger partial charge in [-0.05, 0) is 25.8 Å². The van der Waals surface area contributed by atoms with Crippen LogP contribution in [0, 0.1) is 12.8 Å². The predicted molar refractivity (Wildman–Crippen MR) is 58.4 cm³/mol. The summed E-state index contributed by atoms with van der Waals surface area (Å²) in [7, 11) is 0. The highest BCUT2D eigenvalue weighted by molar-refractivity contribution is 5.92. The third-order valence-corrected chi connectivity index (χ3v) is 2.86. The Hall–Kier alpha value is -1.98. The molecular formula is C11H13N3O3. The van der Waals surface area contributed by atoms with E-state index in [1.165, 1.54) is 6.33 Å². The van der Waals surface area contributed by atoms with Crippen molar-refractivity contribution in [3.63, 3.8) is 0 Å². The largest absolute Gasteiger partial charge is 0.481 e. The first-order valence-corrected chi connectivity index (χ1v) is 5.38. The highest BCUT2D eigenvalue weighted by Crippen LogP contribution is 2.27.